The smallest absolute Gasteiger partial charge is 0.248 e. The van der Waals surface area contributed by atoms with Crippen LogP contribution in [0.2, 0.25) is 0 Å². The number of amides is 1. The van der Waals surface area contributed by atoms with Crippen LogP contribution in [0.15, 0.2) is 89.6 Å². The van der Waals surface area contributed by atoms with Crippen LogP contribution in [-0.4, -0.2) is 12.5 Å². The standard InChI is InChI=1S/C30H23F2NO3/c1-3-35-28-16-29-24(25(17-36-29)21-9-8-19-6-4-5-7-20(19)13-21)15-23(28)18(2)12-30(34)33-22-10-11-26(31)27(32)14-22/h4-17H,3H2,1-2H3,(H,33,34)/b18-12+. The van der Waals surface area contributed by atoms with Crippen LogP contribution in [0.25, 0.3) is 38.4 Å². The number of hydrogen-bond donors (Lipinski definition) is 1. The predicted octanol–water partition coefficient (Wildman–Crippen LogP) is 7.97. The van der Waals surface area contributed by atoms with Crippen molar-refractivity contribution in [1.29, 1.82) is 0 Å². The molecule has 0 bridgehead atoms. The summed E-state index contributed by atoms with van der Waals surface area (Å²) in [6, 6.07) is 21.4. The third kappa shape index (κ3) is 4.58. The molecule has 0 spiro atoms. The van der Waals surface area contributed by atoms with Gasteiger partial charge < -0.3 is 14.5 Å². The number of anilines is 1. The SMILES string of the molecule is CCOc1cc2occ(-c3ccc4ccccc4c3)c2cc1/C(C)=C/C(=O)Nc1ccc(F)c(F)c1. The van der Waals surface area contributed by atoms with Crippen molar-refractivity contribution in [2.75, 3.05) is 11.9 Å². The minimum absolute atomic E-state index is 0.164. The highest BCUT2D eigenvalue weighted by Crippen LogP contribution is 2.38. The van der Waals surface area contributed by atoms with Crippen molar-refractivity contribution in [3.05, 3.63) is 102 Å². The molecule has 0 fully saturated rings. The first-order valence-corrected chi connectivity index (χ1v) is 11.5. The normalized spacial score (nSPS) is 11.7. The van der Waals surface area contributed by atoms with E-state index in [2.05, 4.69) is 35.6 Å². The molecule has 5 rings (SSSR count). The number of ether oxygens (including phenoxy) is 1. The molecule has 0 unspecified atom stereocenters. The van der Waals surface area contributed by atoms with Crippen molar-refractivity contribution in [3.63, 3.8) is 0 Å². The first-order valence-electron chi connectivity index (χ1n) is 11.5. The third-order valence-electron chi connectivity index (χ3n) is 6.00. The maximum absolute atomic E-state index is 13.5. The van der Waals surface area contributed by atoms with Gasteiger partial charge in [-0.05, 0) is 60.0 Å². The zero-order chi connectivity index (χ0) is 25.2. The number of carbonyl (C=O) groups is 1. The molecule has 1 N–H and O–H groups in total. The molecule has 1 heterocycles. The Bertz CT molecular complexity index is 1630. The van der Waals surface area contributed by atoms with Gasteiger partial charge in [-0.15, -0.1) is 0 Å². The lowest BCUT2D eigenvalue weighted by molar-refractivity contribution is -0.111. The molecule has 1 aromatic heterocycles. The summed E-state index contributed by atoms with van der Waals surface area (Å²) in [5, 5.41) is 5.73. The number of allylic oxidation sites excluding steroid dienone is 1. The fourth-order valence-corrected chi connectivity index (χ4v) is 4.25. The van der Waals surface area contributed by atoms with Crippen LogP contribution in [0.3, 0.4) is 0 Å². The zero-order valence-corrected chi connectivity index (χ0v) is 19.8. The second kappa shape index (κ2) is 9.66. The van der Waals surface area contributed by atoms with E-state index >= 15 is 0 Å². The van der Waals surface area contributed by atoms with E-state index in [1.165, 1.54) is 12.1 Å². The number of rotatable bonds is 6. The summed E-state index contributed by atoms with van der Waals surface area (Å²) in [7, 11) is 0. The Hall–Kier alpha value is -4.45. The number of halogens is 2. The molecule has 0 atom stereocenters. The molecule has 0 radical (unpaired) electrons. The van der Waals surface area contributed by atoms with Gasteiger partial charge in [0.15, 0.2) is 11.6 Å². The summed E-state index contributed by atoms with van der Waals surface area (Å²) in [6.07, 6.45) is 3.13. The number of furan rings is 1. The van der Waals surface area contributed by atoms with E-state index in [0.29, 0.717) is 23.5 Å². The molecular weight excluding hydrogens is 460 g/mol. The van der Waals surface area contributed by atoms with Crippen molar-refractivity contribution in [2.45, 2.75) is 13.8 Å². The fraction of sp³-hybridized carbons (Fsp3) is 0.100. The van der Waals surface area contributed by atoms with Gasteiger partial charge in [0.2, 0.25) is 5.91 Å². The first kappa shape index (κ1) is 23.3. The average Bonchev–Trinajstić information content (AvgIpc) is 3.28. The van der Waals surface area contributed by atoms with E-state index in [4.69, 9.17) is 9.15 Å². The monoisotopic (exact) mass is 483 g/mol. The van der Waals surface area contributed by atoms with Crippen LogP contribution >= 0.6 is 0 Å². The van der Waals surface area contributed by atoms with Crippen molar-refractivity contribution in [3.8, 4) is 16.9 Å². The van der Waals surface area contributed by atoms with Gasteiger partial charge in [-0.1, -0.05) is 36.4 Å². The molecule has 0 aliphatic carbocycles. The Kier molecular flexibility index (Phi) is 6.25. The van der Waals surface area contributed by atoms with Gasteiger partial charge in [0.05, 0.1) is 12.9 Å². The lowest BCUT2D eigenvalue weighted by Crippen LogP contribution is -2.09. The summed E-state index contributed by atoms with van der Waals surface area (Å²) in [6.45, 7) is 4.11. The van der Waals surface area contributed by atoms with Crippen molar-refractivity contribution >= 4 is 38.9 Å². The van der Waals surface area contributed by atoms with Gasteiger partial charge >= 0.3 is 0 Å². The zero-order valence-electron chi connectivity index (χ0n) is 19.8. The first-order chi connectivity index (χ1) is 17.4. The largest absolute Gasteiger partial charge is 0.493 e. The Balaban J connectivity index is 1.53. The van der Waals surface area contributed by atoms with Crippen LogP contribution < -0.4 is 10.1 Å². The second-order valence-corrected chi connectivity index (χ2v) is 8.43. The van der Waals surface area contributed by atoms with E-state index in [0.717, 1.165) is 45.0 Å². The summed E-state index contributed by atoms with van der Waals surface area (Å²) in [5.41, 5.74) is 4.15. The lowest BCUT2D eigenvalue weighted by atomic mass is 9.97. The molecule has 0 saturated heterocycles. The van der Waals surface area contributed by atoms with Gasteiger partial charge in [0.25, 0.3) is 0 Å². The van der Waals surface area contributed by atoms with Crippen molar-refractivity contribution in [2.24, 2.45) is 0 Å². The molecule has 6 heteroatoms. The van der Waals surface area contributed by atoms with Gasteiger partial charge in [0, 0.05) is 40.4 Å². The van der Waals surface area contributed by atoms with E-state index < -0.39 is 17.5 Å². The minimum Gasteiger partial charge on any atom is -0.493 e. The lowest BCUT2D eigenvalue weighted by Gasteiger charge is -2.12. The molecule has 0 saturated carbocycles. The summed E-state index contributed by atoms with van der Waals surface area (Å²) < 4.78 is 38.4. The van der Waals surface area contributed by atoms with E-state index in [9.17, 15) is 13.6 Å². The molecule has 36 heavy (non-hydrogen) atoms. The van der Waals surface area contributed by atoms with Crippen molar-refractivity contribution in [1.82, 2.24) is 0 Å². The molecule has 180 valence electrons. The molecule has 0 aliphatic rings. The molecule has 0 aliphatic heterocycles. The second-order valence-electron chi connectivity index (χ2n) is 8.43. The number of hydrogen-bond acceptors (Lipinski definition) is 3. The molecule has 4 nitrogen and oxygen atoms in total. The average molecular weight is 484 g/mol. The molecule has 1 amide bonds. The maximum Gasteiger partial charge on any atom is 0.248 e. The molecule has 5 aromatic rings. The van der Waals surface area contributed by atoms with E-state index in [1.807, 2.05) is 31.2 Å². The van der Waals surface area contributed by atoms with Gasteiger partial charge in [-0.25, -0.2) is 8.78 Å². The Morgan fingerprint density at radius 3 is 2.56 bits per heavy atom. The summed E-state index contributed by atoms with van der Waals surface area (Å²) >= 11 is 0. The Morgan fingerprint density at radius 1 is 0.972 bits per heavy atom. The third-order valence-corrected chi connectivity index (χ3v) is 6.00. The highest BCUT2D eigenvalue weighted by atomic mass is 19.2. The number of carbonyl (C=O) groups excluding carboxylic acids is 1. The number of nitrogens with one attached hydrogen (secondary N) is 1. The number of benzene rings is 4. The topological polar surface area (TPSA) is 51.5 Å². The minimum atomic E-state index is -1.03. The van der Waals surface area contributed by atoms with Crippen molar-refractivity contribution < 1.29 is 22.7 Å². The summed E-state index contributed by atoms with van der Waals surface area (Å²) in [5.74, 6) is -1.89. The molecule has 4 aromatic carbocycles. The molecular formula is C30H23F2NO3. The number of fused-ring (bicyclic) bond motifs is 2. The van der Waals surface area contributed by atoms with Crippen LogP contribution in [0.5, 0.6) is 5.75 Å². The fourth-order valence-electron chi connectivity index (χ4n) is 4.25. The Morgan fingerprint density at radius 2 is 1.78 bits per heavy atom. The van der Waals surface area contributed by atoms with Gasteiger partial charge in [0.1, 0.15) is 11.3 Å². The highest BCUT2D eigenvalue weighted by molar-refractivity contribution is 6.05. The van der Waals surface area contributed by atoms with E-state index in [1.54, 1.807) is 13.2 Å². The quantitative estimate of drug-likeness (QED) is 0.249. The van der Waals surface area contributed by atoms with Crippen LogP contribution in [-0.2, 0) is 4.79 Å². The predicted molar refractivity (Wildman–Crippen MR) is 139 cm³/mol. The highest BCUT2D eigenvalue weighted by Gasteiger charge is 2.16. The maximum atomic E-state index is 13.5. The Labute approximate surface area is 206 Å². The van der Waals surface area contributed by atoms with Gasteiger partial charge in [-0.2, -0.15) is 0 Å². The summed E-state index contributed by atoms with van der Waals surface area (Å²) in [4.78, 5) is 12.6. The van der Waals surface area contributed by atoms with Crippen LogP contribution in [0.1, 0.15) is 19.4 Å². The van der Waals surface area contributed by atoms with Crippen LogP contribution in [0, 0.1) is 11.6 Å². The van der Waals surface area contributed by atoms with Crippen LogP contribution in [0.4, 0.5) is 14.5 Å². The van der Waals surface area contributed by atoms with E-state index in [-0.39, 0.29) is 5.69 Å². The van der Waals surface area contributed by atoms with Gasteiger partial charge in [-0.3, -0.25) is 4.79 Å².